The second-order valence-electron chi connectivity index (χ2n) is 3.02. The highest BCUT2D eigenvalue weighted by Crippen LogP contribution is 2.11. The van der Waals surface area contributed by atoms with Gasteiger partial charge in [-0.25, -0.2) is 5.06 Å². The largest absolute Gasteiger partial charge is 0.306 e. The third kappa shape index (κ3) is 2.17. The standard InChI is InChI=1S/C7H14N2O2/c1-8-4-2-7(3-5-8)9(11)6-10/h6-7,11H,2-5H2,1H3. The van der Waals surface area contributed by atoms with E-state index < -0.39 is 0 Å². The van der Waals surface area contributed by atoms with E-state index in [4.69, 9.17) is 5.21 Å². The van der Waals surface area contributed by atoms with Crippen molar-refractivity contribution in [2.24, 2.45) is 0 Å². The van der Waals surface area contributed by atoms with Crippen LogP contribution in [0.2, 0.25) is 0 Å². The van der Waals surface area contributed by atoms with Crippen LogP contribution in [0.25, 0.3) is 0 Å². The Hall–Kier alpha value is -0.610. The van der Waals surface area contributed by atoms with Crippen LogP contribution in [0.5, 0.6) is 0 Å². The molecule has 1 heterocycles. The summed E-state index contributed by atoms with van der Waals surface area (Å²) in [6, 6.07) is 0.0312. The van der Waals surface area contributed by atoms with E-state index >= 15 is 0 Å². The van der Waals surface area contributed by atoms with E-state index in [2.05, 4.69) is 4.90 Å². The van der Waals surface area contributed by atoms with Gasteiger partial charge >= 0.3 is 0 Å². The van der Waals surface area contributed by atoms with Crippen molar-refractivity contribution >= 4 is 6.41 Å². The van der Waals surface area contributed by atoms with Gasteiger partial charge in [0.05, 0.1) is 6.04 Å². The van der Waals surface area contributed by atoms with Crippen LogP contribution in [0.1, 0.15) is 12.8 Å². The van der Waals surface area contributed by atoms with Gasteiger partial charge < -0.3 is 4.90 Å². The molecule has 0 radical (unpaired) electrons. The Morgan fingerprint density at radius 3 is 2.55 bits per heavy atom. The second-order valence-corrected chi connectivity index (χ2v) is 3.02. The Balaban J connectivity index is 2.32. The van der Waals surface area contributed by atoms with Crippen molar-refractivity contribution in [1.29, 1.82) is 0 Å². The van der Waals surface area contributed by atoms with Crippen LogP contribution in [-0.2, 0) is 4.79 Å². The minimum Gasteiger partial charge on any atom is -0.306 e. The fraction of sp³-hybridized carbons (Fsp3) is 0.857. The maximum absolute atomic E-state index is 10.1. The molecule has 1 aliphatic rings. The SMILES string of the molecule is CN1CCC(N(O)C=O)CC1. The molecule has 11 heavy (non-hydrogen) atoms. The summed E-state index contributed by atoms with van der Waals surface area (Å²) < 4.78 is 0. The molecule has 1 N–H and O–H groups in total. The van der Waals surface area contributed by atoms with E-state index in [9.17, 15) is 4.79 Å². The zero-order valence-electron chi connectivity index (χ0n) is 6.73. The van der Waals surface area contributed by atoms with Crippen LogP contribution in [0.3, 0.4) is 0 Å². The van der Waals surface area contributed by atoms with Crippen molar-refractivity contribution < 1.29 is 10.0 Å². The second kappa shape index (κ2) is 3.69. The number of hydrogen-bond acceptors (Lipinski definition) is 3. The number of carbonyl (C=O) groups excluding carboxylic acids is 1. The molecule has 0 aromatic carbocycles. The molecule has 0 atom stereocenters. The predicted molar refractivity (Wildman–Crippen MR) is 40.2 cm³/mol. The zero-order valence-corrected chi connectivity index (χ0v) is 6.73. The van der Waals surface area contributed by atoms with Crippen LogP contribution >= 0.6 is 0 Å². The summed E-state index contributed by atoms with van der Waals surface area (Å²) in [5.41, 5.74) is 0. The lowest BCUT2D eigenvalue weighted by Gasteiger charge is -2.31. The summed E-state index contributed by atoms with van der Waals surface area (Å²) in [4.78, 5) is 12.3. The van der Waals surface area contributed by atoms with Crippen LogP contribution in [-0.4, -0.2) is 47.8 Å². The van der Waals surface area contributed by atoms with Crippen molar-refractivity contribution in [1.82, 2.24) is 9.96 Å². The molecule has 4 heteroatoms. The van der Waals surface area contributed by atoms with Gasteiger partial charge in [0, 0.05) is 0 Å². The lowest BCUT2D eigenvalue weighted by Crippen LogP contribution is -2.41. The van der Waals surface area contributed by atoms with Gasteiger partial charge in [0.15, 0.2) is 0 Å². The maximum atomic E-state index is 10.1. The Bertz CT molecular complexity index is 132. The normalized spacial score (nSPS) is 21.6. The molecule has 0 spiro atoms. The summed E-state index contributed by atoms with van der Waals surface area (Å²) in [6.45, 7) is 1.91. The van der Waals surface area contributed by atoms with E-state index in [0.29, 0.717) is 6.41 Å². The van der Waals surface area contributed by atoms with Crippen LogP contribution in [0.4, 0.5) is 0 Å². The topological polar surface area (TPSA) is 43.8 Å². The van der Waals surface area contributed by atoms with Gasteiger partial charge in [-0.1, -0.05) is 0 Å². The minimum absolute atomic E-state index is 0.0312. The summed E-state index contributed by atoms with van der Waals surface area (Å²) in [6.07, 6.45) is 2.22. The average Bonchev–Trinajstić information content (AvgIpc) is 2.05. The molecule has 1 saturated heterocycles. The van der Waals surface area contributed by atoms with Gasteiger partial charge in [-0.15, -0.1) is 0 Å². The monoisotopic (exact) mass is 158 g/mol. The molecule has 1 aliphatic heterocycles. The molecule has 0 unspecified atom stereocenters. The molecular weight excluding hydrogens is 144 g/mol. The van der Waals surface area contributed by atoms with Crippen LogP contribution in [0.15, 0.2) is 0 Å². The molecule has 1 fully saturated rings. The van der Waals surface area contributed by atoms with Gasteiger partial charge in [-0.2, -0.15) is 0 Å². The van der Waals surface area contributed by atoms with Crippen molar-refractivity contribution in [3.8, 4) is 0 Å². The van der Waals surface area contributed by atoms with Gasteiger partial charge in [-0.3, -0.25) is 10.0 Å². The fourth-order valence-electron chi connectivity index (χ4n) is 1.35. The van der Waals surface area contributed by atoms with Crippen LogP contribution < -0.4 is 0 Å². The number of nitrogens with zero attached hydrogens (tertiary/aromatic N) is 2. The third-order valence-corrected chi connectivity index (χ3v) is 2.17. The summed E-state index contributed by atoms with van der Waals surface area (Å²) in [5, 5.41) is 9.80. The molecule has 1 amide bonds. The van der Waals surface area contributed by atoms with E-state index in [1.165, 1.54) is 0 Å². The first-order valence-electron chi connectivity index (χ1n) is 3.85. The number of hydroxylamine groups is 2. The highest BCUT2D eigenvalue weighted by atomic mass is 16.5. The maximum Gasteiger partial charge on any atom is 0.233 e. The number of carbonyl (C=O) groups is 1. The Morgan fingerprint density at radius 2 is 2.09 bits per heavy atom. The molecule has 4 nitrogen and oxygen atoms in total. The molecule has 0 aliphatic carbocycles. The summed E-state index contributed by atoms with van der Waals surface area (Å²) in [7, 11) is 2.04. The van der Waals surface area contributed by atoms with E-state index in [-0.39, 0.29) is 6.04 Å². The molecule has 1 rings (SSSR count). The van der Waals surface area contributed by atoms with Crippen LogP contribution in [0, 0.1) is 0 Å². The first-order chi connectivity index (χ1) is 5.24. The van der Waals surface area contributed by atoms with Crippen molar-refractivity contribution in [3.63, 3.8) is 0 Å². The Kier molecular flexibility index (Phi) is 2.84. The van der Waals surface area contributed by atoms with E-state index in [0.717, 1.165) is 31.0 Å². The lowest BCUT2D eigenvalue weighted by atomic mass is 10.1. The molecule has 0 aromatic rings. The highest BCUT2D eigenvalue weighted by molar-refractivity contribution is 5.45. The Labute approximate surface area is 66.4 Å². The van der Waals surface area contributed by atoms with E-state index in [1.807, 2.05) is 7.05 Å². The number of hydrogen-bond donors (Lipinski definition) is 1. The quantitative estimate of drug-likeness (QED) is 0.347. The Morgan fingerprint density at radius 1 is 1.55 bits per heavy atom. The predicted octanol–water partition coefficient (Wildman–Crippen LogP) is -0.0718. The first kappa shape index (κ1) is 8.49. The smallest absolute Gasteiger partial charge is 0.233 e. The third-order valence-electron chi connectivity index (χ3n) is 2.17. The van der Waals surface area contributed by atoms with Gasteiger partial charge in [-0.05, 0) is 33.0 Å². The minimum atomic E-state index is 0.0312. The van der Waals surface area contributed by atoms with Gasteiger partial charge in [0.2, 0.25) is 6.41 Å². The number of rotatable bonds is 2. The first-order valence-corrected chi connectivity index (χ1v) is 3.85. The average molecular weight is 158 g/mol. The number of amides is 1. The van der Waals surface area contributed by atoms with Crippen molar-refractivity contribution in [2.45, 2.75) is 18.9 Å². The lowest BCUT2D eigenvalue weighted by molar-refractivity contribution is -0.163. The molecule has 0 saturated carbocycles. The zero-order chi connectivity index (χ0) is 8.27. The fourth-order valence-corrected chi connectivity index (χ4v) is 1.35. The molecular formula is C7H14N2O2. The van der Waals surface area contributed by atoms with E-state index in [1.54, 1.807) is 0 Å². The van der Waals surface area contributed by atoms with Gasteiger partial charge in [0.1, 0.15) is 0 Å². The van der Waals surface area contributed by atoms with Crippen molar-refractivity contribution in [3.05, 3.63) is 0 Å². The molecule has 0 aromatic heterocycles. The summed E-state index contributed by atoms with van der Waals surface area (Å²) in [5.74, 6) is 0. The van der Waals surface area contributed by atoms with Crippen molar-refractivity contribution in [2.75, 3.05) is 20.1 Å². The number of piperidine rings is 1. The van der Waals surface area contributed by atoms with Gasteiger partial charge in [0.25, 0.3) is 0 Å². The highest BCUT2D eigenvalue weighted by Gasteiger charge is 2.20. The molecule has 0 bridgehead atoms. The number of likely N-dealkylation sites (tertiary alicyclic amines) is 1. The summed E-state index contributed by atoms with van der Waals surface area (Å²) >= 11 is 0. The molecule has 64 valence electrons.